The highest BCUT2D eigenvalue weighted by atomic mass is 35.5. The van der Waals surface area contributed by atoms with Crippen molar-refractivity contribution in [3.63, 3.8) is 0 Å². The van der Waals surface area contributed by atoms with Gasteiger partial charge >= 0.3 is 0 Å². The van der Waals surface area contributed by atoms with Crippen LogP contribution in [0.5, 0.6) is 0 Å². The van der Waals surface area contributed by atoms with Crippen molar-refractivity contribution in [2.45, 2.75) is 25.9 Å². The lowest BCUT2D eigenvalue weighted by Crippen LogP contribution is -2.45. The molecule has 1 atom stereocenters. The molecular weight excluding hydrogens is 392 g/mol. The number of nitrogens with zero attached hydrogens (tertiary/aromatic N) is 4. The van der Waals surface area contributed by atoms with E-state index < -0.39 is 0 Å². The van der Waals surface area contributed by atoms with E-state index in [-0.39, 0.29) is 17.7 Å². The largest absolute Gasteiger partial charge is 0.341 e. The molecule has 0 aliphatic carbocycles. The molecule has 2 aromatic carbocycles. The van der Waals surface area contributed by atoms with Crippen LogP contribution in [0.1, 0.15) is 24.0 Å². The molecule has 4 rings (SSSR count). The third-order valence-corrected chi connectivity index (χ3v) is 5.50. The topological polar surface area (TPSA) is 79.5 Å². The van der Waals surface area contributed by atoms with Gasteiger partial charge in [-0.3, -0.25) is 9.59 Å². The Hall–Kier alpha value is -2.93. The second kappa shape index (κ2) is 8.21. The van der Waals surface area contributed by atoms with Gasteiger partial charge in [-0.05, 0) is 52.1 Å². The Kier molecular flexibility index (Phi) is 5.49. The summed E-state index contributed by atoms with van der Waals surface area (Å²) >= 11 is 5.93. The molecule has 0 saturated carbocycles. The van der Waals surface area contributed by atoms with Gasteiger partial charge in [-0.15, -0.1) is 0 Å². The van der Waals surface area contributed by atoms with Crippen LogP contribution in [0.4, 0.5) is 0 Å². The normalized spacial score (nSPS) is 17.0. The predicted molar refractivity (Wildman–Crippen MR) is 108 cm³/mol. The Morgan fingerprint density at radius 1 is 1.17 bits per heavy atom. The number of aromatic nitrogens is 2. The molecule has 1 aliphatic heterocycles. The number of piperidine rings is 1. The Balaban J connectivity index is 1.40. The van der Waals surface area contributed by atoms with Crippen molar-refractivity contribution in [2.24, 2.45) is 5.92 Å². The number of carbonyl (C=O) groups excluding carboxylic acids is 2. The number of carbonyl (C=O) groups is 2. The van der Waals surface area contributed by atoms with Gasteiger partial charge in [-0.25, -0.2) is 4.63 Å². The zero-order valence-corrected chi connectivity index (χ0v) is 16.8. The van der Waals surface area contributed by atoms with Gasteiger partial charge in [-0.2, -0.15) is 0 Å². The maximum absolute atomic E-state index is 13.0. The van der Waals surface area contributed by atoms with Crippen LogP contribution in [0.2, 0.25) is 5.02 Å². The van der Waals surface area contributed by atoms with Crippen molar-refractivity contribution < 1.29 is 14.2 Å². The van der Waals surface area contributed by atoms with E-state index >= 15 is 0 Å². The Morgan fingerprint density at radius 2 is 1.90 bits per heavy atom. The second-order valence-electron chi connectivity index (χ2n) is 7.42. The monoisotopic (exact) mass is 412 g/mol. The van der Waals surface area contributed by atoms with Gasteiger partial charge < -0.3 is 9.80 Å². The minimum atomic E-state index is -0.206. The summed E-state index contributed by atoms with van der Waals surface area (Å²) in [5.41, 5.74) is 3.31. The van der Waals surface area contributed by atoms with E-state index in [1.165, 1.54) is 0 Å². The smallest absolute Gasteiger partial charge is 0.227 e. The van der Waals surface area contributed by atoms with Gasteiger partial charge in [0.05, 0.1) is 5.92 Å². The lowest BCUT2D eigenvalue weighted by molar-refractivity contribution is -0.143. The number of rotatable bonds is 5. The summed E-state index contributed by atoms with van der Waals surface area (Å²) < 4.78 is 4.72. The average Bonchev–Trinajstić information content (AvgIpc) is 3.18. The van der Waals surface area contributed by atoms with Crippen molar-refractivity contribution in [3.05, 3.63) is 58.6 Å². The molecule has 2 amide bonds. The lowest BCUT2D eigenvalue weighted by atomic mass is 9.95. The highest BCUT2D eigenvalue weighted by Crippen LogP contribution is 2.23. The Bertz CT molecular complexity index is 1030. The van der Waals surface area contributed by atoms with Gasteiger partial charge in [0.15, 0.2) is 0 Å². The number of fused-ring (bicyclic) bond motifs is 1. The van der Waals surface area contributed by atoms with Crippen LogP contribution in [-0.4, -0.2) is 45.5 Å². The van der Waals surface area contributed by atoms with Gasteiger partial charge in [-0.1, -0.05) is 29.8 Å². The van der Waals surface area contributed by atoms with E-state index in [9.17, 15) is 9.59 Å². The molecule has 1 saturated heterocycles. The molecular formula is C21H21ClN4O3. The van der Waals surface area contributed by atoms with Gasteiger partial charge in [0.25, 0.3) is 0 Å². The summed E-state index contributed by atoms with van der Waals surface area (Å²) in [5, 5.41) is 8.29. The summed E-state index contributed by atoms with van der Waals surface area (Å²) in [6.07, 6.45) is 0.958. The first-order valence-corrected chi connectivity index (χ1v) is 9.86. The molecule has 0 bridgehead atoms. The number of benzene rings is 2. The summed E-state index contributed by atoms with van der Waals surface area (Å²) in [4.78, 5) is 28.8. The van der Waals surface area contributed by atoms with E-state index in [2.05, 4.69) is 10.3 Å². The van der Waals surface area contributed by atoms with E-state index in [0.29, 0.717) is 48.5 Å². The van der Waals surface area contributed by atoms with Crippen LogP contribution in [0, 0.1) is 5.92 Å². The van der Waals surface area contributed by atoms with Crippen molar-refractivity contribution in [2.75, 3.05) is 13.6 Å². The van der Waals surface area contributed by atoms with Crippen molar-refractivity contribution in [1.29, 1.82) is 0 Å². The van der Waals surface area contributed by atoms with Crippen LogP contribution in [0.15, 0.2) is 47.1 Å². The van der Waals surface area contributed by atoms with Crippen LogP contribution < -0.4 is 0 Å². The second-order valence-corrected chi connectivity index (χ2v) is 7.85. The molecule has 1 aromatic heterocycles. The fourth-order valence-electron chi connectivity index (χ4n) is 3.67. The third-order valence-electron chi connectivity index (χ3n) is 5.25. The quantitative estimate of drug-likeness (QED) is 0.642. The van der Waals surface area contributed by atoms with E-state index in [1.807, 2.05) is 42.5 Å². The molecule has 150 valence electrons. The van der Waals surface area contributed by atoms with Crippen molar-refractivity contribution >= 4 is 34.4 Å². The number of hydrogen-bond donors (Lipinski definition) is 0. The summed E-state index contributed by atoms with van der Waals surface area (Å²) in [6.45, 7) is 1.37. The number of hydrogen-bond acceptors (Lipinski definition) is 5. The first-order valence-electron chi connectivity index (χ1n) is 9.48. The minimum absolute atomic E-state index is 0.0389. The molecule has 7 nitrogen and oxygen atoms in total. The molecule has 29 heavy (non-hydrogen) atoms. The molecule has 0 spiro atoms. The summed E-state index contributed by atoms with van der Waals surface area (Å²) in [5.74, 6) is -0.0879. The summed E-state index contributed by atoms with van der Waals surface area (Å²) in [6, 6.07) is 13.0. The lowest BCUT2D eigenvalue weighted by Gasteiger charge is -2.34. The SMILES string of the molecule is CN(Cc1ccc2nonc2c1)C(=O)[C@H]1CCC(=O)N(Cc2ccc(Cl)cc2)C1. The van der Waals surface area contributed by atoms with Crippen LogP contribution in [0.25, 0.3) is 11.0 Å². The fraction of sp³-hybridized carbons (Fsp3) is 0.333. The maximum Gasteiger partial charge on any atom is 0.227 e. The molecule has 1 aliphatic rings. The van der Waals surface area contributed by atoms with Crippen LogP contribution in [0.3, 0.4) is 0 Å². The highest BCUT2D eigenvalue weighted by Gasteiger charge is 2.31. The predicted octanol–water partition coefficient (Wildman–Crippen LogP) is 3.27. The van der Waals surface area contributed by atoms with Gasteiger partial charge in [0.2, 0.25) is 11.8 Å². The average molecular weight is 413 g/mol. The third kappa shape index (κ3) is 4.40. The first-order chi connectivity index (χ1) is 14.0. The van der Waals surface area contributed by atoms with Gasteiger partial charge in [0, 0.05) is 38.1 Å². The van der Waals surface area contributed by atoms with Crippen molar-refractivity contribution in [3.8, 4) is 0 Å². The number of amides is 2. The maximum atomic E-state index is 13.0. The van der Waals surface area contributed by atoms with E-state index in [4.69, 9.17) is 16.2 Å². The number of likely N-dealkylation sites (tertiary alicyclic amines) is 1. The standard InChI is InChI=1S/C21H21ClN4O3/c1-25(11-15-4-8-18-19(10-15)24-29-23-18)21(28)16-5-9-20(27)26(13-16)12-14-2-6-17(22)7-3-14/h2-4,6-8,10,16H,5,9,11-13H2,1H3/t16-/m0/s1. The molecule has 1 fully saturated rings. The van der Waals surface area contributed by atoms with Gasteiger partial charge in [0.1, 0.15) is 11.0 Å². The molecule has 0 N–H and O–H groups in total. The fourth-order valence-corrected chi connectivity index (χ4v) is 3.79. The molecule has 8 heteroatoms. The zero-order valence-electron chi connectivity index (χ0n) is 16.0. The van der Waals surface area contributed by atoms with Crippen LogP contribution >= 0.6 is 11.6 Å². The van der Waals surface area contributed by atoms with E-state index in [1.54, 1.807) is 16.8 Å². The van der Waals surface area contributed by atoms with Crippen LogP contribution in [-0.2, 0) is 22.7 Å². The Labute approximate surface area is 173 Å². The molecule has 0 unspecified atom stereocenters. The first kappa shape index (κ1) is 19.4. The van der Waals surface area contributed by atoms with Crippen molar-refractivity contribution in [1.82, 2.24) is 20.1 Å². The molecule has 0 radical (unpaired) electrons. The Morgan fingerprint density at radius 3 is 2.69 bits per heavy atom. The highest BCUT2D eigenvalue weighted by molar-refractivity contribution is 6.30. The minimum Gasteiger partial charge on any atom is -0.341 e. The molecule has 3 aromatic rings. The molecule has 2 heterocycles. The summed E-state index contributed by atoms with van der Waals surface area (Å²) in [7, 11) is 1.79. The number of halogens is 1. The van der Waals surface area contributed by atoms with E-state index in [0.717, 1.165) is 11.1 Å². The zero-order chi connectivity index (χ0) is 20.4.